The maximum absolute atomic E-state index is 13.3. The Kier molecular flexibility index (Phi) is 8.55. The summed E-state index contributed by atoms with van der Waals surface area (Å²) in [6.07, 6.45) is -6.28. The van der Waals surface area contributed by atoms with Crippen LogP contribution in [-0.4, -0.2) is 55.2 Å². The molecule has 4 aromatic carbocycles. The molecule has 0 radical (unpaired) electrons. The Morgan fingerprint density at radius 2 is 1.00 bits per heavy atom. The molecule has 0 unspecified atom stereocenters. The van der Waals surface area contributed by atoms with Crippen LogP contribution in [-0.2, 0) is 28.4 Å². The molecule has 9 nitrogen and oxygen atoms in total. The lowest BCUT2D eigenvalue weighted by Gasteiger charge is -2.41. The summed E-state index contributed by atoms with van der Waals surface area (Å²) in [4.78, 5) is 39.4. The van der Waals surface area contributed by atoms with E-state index in [1.165, 1.54) is 0 Å². The van der Waals surface area contributed by atoms with Gasteiger partial charge in [0.05, 0.1) is 16.7 Å². The van der Waals surface area contributed by atoms with Gasteiger partial charge in [0, 0.05) is 5.56 Å². The van der Waals surface area contributed by atoms with Crippen LogP contribution in [0, 0.1) is 0 Å². The number of carbonyl (C=O) groups is 3. The summed E-state index contributed by atoms with van der Waals surface area (Å²) in [7, 11) is 0. The van der Waals surface area contributed by atoms with Crippen LogP contribution in [0.2, 0.25) is 0 Å². The van der Waals surface area contributed by atoms with Crippen molar-refractivity contribution >= 4 is 17.9 Å². The van der Waals surface area contributed by atoms with E-state index in [1.54, 1.807) is 91.0 Å². The van der Waals surface area contributed by atoms with E-state index in [2.05, 4.69) is 0 Å². The summed E-state index contributed by atoms with van der Waals surface area (Å²) in [6.45, 7) is -0.317. The summed E-state index contributed by atoms with van der Waals surface area (Å²) < 4.78 is 36.1. The molecular weight excluding hydrogens is 552 g/mol. The zero-order valence-electron chi connectivity index (χ0n) is 22.9. The number of fused-ring (bicyclic) bond motifs is 1. The van der Waals surface area contributed by atoms with Gasteiger partial charge in [-0.15, -0.1) is 0 Å². The fourth-order valence-electron chi connectivity index (χ4n) is 4.95. The molecule has 43 heavy (non-hydrogen) atoms. The fraction of sp³-hybridized carbons (Fsp3) is 0.206. The van der Waals surface area contributed by atoms with Gasteiger partial charge < -0.3 is 28.4 Å². The summed E-state index contributed by atoms with van der Waals surface area (Å²) in [5.41, 5.74) is 1.64. The van der Waals surface area contributed by atoms with Crippen LogP contribution in [0.1, 0.15) is 42.9 Å². The van der Waals surface area contributed by atoms with Crippen LogP contribution in [0.4, 0.5) is 0 Å². The molecule has 6 rings (SSSR count). The molecule has 0 spiro atoms. The van der Waals surface area contributed by atoms with Crippen molar-refractivity contribution in [1.29, 1.82) is 0 Å². The summed E-state index contributed by atoms with van der Waals surface area (Å²) in [5, 5.41) is 0. The van der Waals surface area contributed by atoms with Crippen molar-refractivity contribution in [3.63, 3.8) is 0 Å². The first-order chi connectivity index (χ1) is 21.1. The summed E-state index contributed by atoms with van der Waals surface area (Å²) >= 11 is 0. The van der Waals surface area contributed by atoms with Gasteiger partial charge in [-0.05, 0) is 36.4 Å². The second-order valence-electron chi connectivity index (χ2n) is 9.96. The third-order valence-corrected chi connectivity index (χ3v) is 7.09. The minimum Gasteiger partial charge on any atom is -0.459 e. The van der Waals surface area contributed by atoms with Crippen LogP contribution in [0.5, 0.6) is 0 Å². The summed E-state index contributed by atoms with van der Waals surface area (Å²) in [5.74, 6) is -1.92. The van der Waals surface area contributed by atoms with Crippen LogP contribution in [0.25, 0.3) is 0 Å². The highest BCUT2D eigenvalue weighted by Gasteiger charge is 2.56. The number of esters is 3. The molecule has 0 aliphatic carbocycles. The topological polar surface area (TPSA) is 107 Å². The lowest BCUT2D eigenvalue weighted by molar-refractivity contribution is -0.252. The first-order valence-corrected chi connectivity index (χ1v) is 13.8. The molecule has 2 aliphatic heterocycles. The van der Waals surface area contributed by atoms with E-state index in [1.807, 2.05) is 30.3 Å². The quantitative estimate of drug-likeness (QED) is 0.207. The van der Waals surface area contributed by atoms with Gasteiger partial charge in [-0.1, -0.05) is 84.9 Å². The highest BCUT2D eigenvalue weighted by molar-refractivity contribution is 5.91. The number of hydrogen-bond acceptors (Lipinski definition) is 9. The predicted octanol–water partition coefficient (Wildman–Crippen LogP) is 5.13. The Hall–Kier alpha value is -4.83. The molecule has 6 atom stereocenters. The molecule has 0 bridgehead atoms. The minimum atomic E-state index is -1.22. The lowest BCUT2D eigenvalue weighted by Crippen LogP contribution is -2.60. The van der Waals surface area contributed by atoms with Crippen molar-refractivity contribution < 1.29 is 42.8 Å². The smallest absolute Gasteiger partial charge is 0.338 e. The fourth-order valence-corrected chi connectivity index (χ4v) is 4.95. The van der Waals surface area contributed by atoms with Gasteiger partial charge >= 0.3 is 17.9 Å². The molecule has 2 aliphatic rings. The third kappa shape index (κ3) is 6.49. The number of carbonyl (C=O) groups excluding carboxylic acids is 3. The highest BCUT2D eigenvalue weighted by atomic mass is 16.8. The molecule has 0 N–H and O–H groups in total. The van der Waals surface area contributed by atoms with Crippen LogP contribution < -0.4 is 0 Å². The molecule has 2 fully saturated rings. The average Bonchev–Trinajstić information content (AvgIpc) is 3.50. The van der Waals surface area contributed by atoms with Gasteiger partial charge in [-0.2, -0.15) is 0 Å². The van der Waals surface area contributed by atoms with Crippen molar-refractivity contribution in [3.8, 4) is 0 Å². The minimum absolute atomic E-state index is 0.281. The van der Waals surface area contributed by atoms with Gasteiger partial charge in [-0.25, -0.2) is 14.4 Å². The molecule has 9 heteroatoms. The zero-order valence-corrected chi connectivity index (χ0v) is 22.9. The van der Waals surface area contributed by atoms with Crippen LogP contribution >= 0.6 is 0 Å². The standard InChI is InChI=1S/C34H28O9/c35-30(22-13-5-1-6-14-22)38-21-26-27(40-31(36)23-15-7-2-8-16-23)28(41-32(37)24-17-9-3-10-18-24)29-34(39-26)43-33(42-29)25-19-11-4-12-20-25/h1-20,26-29,33-34H,21H2/t26-,27-,28+,29+,33-,34+/m1/s1. The van der Waals surface area contributed by atoms with E-state index in [-0.39, 0.29) is 12.2 Å². The zero-order chi connectivity index (χ0) is 29.6. The van der Waals surface area contributed by atoms with Crippen molar-refractivity contribution in [2.75, 3.05) is 6.61 Å². The van der Waals surface area contributed by atoms with E-state index in [9.17, 15) is 14.4 Å². The van der Waals surface area contributed by atoms with Crippen molar-refractivity contribution in [1.82, 2.24) is 0 Å². The van der Waals surface area contributed by atoms with Crippen LogP contribution in [0.15, 0.2) is 121 Å². The van der Waals surface area contributed by atoms with Crippen molar-refractivity contribution in [2.24, 2.45) is 0 Å². The average molecular weight is 581 g/mol. The lowest BCUT2D eigenvalue weighted by atomic mass is 9.98. The van der Waals surface area contributed by atoms with E-state index in [4.69, 9.17) is 28.4 Å². The third-order valence-electron chi connectivity index (χ3n) is 7.09. The van der Waals surface area contributed by atoms with Gasteiger partial charge in [0.2, 0.25) is 0 Å². The molecule has 218 valence electrons. The van der Waals surface area contributed by atoms with Crippen molar-refractivity contribution in [3.05, 3.63) is 144 Å². The largest absolute Gasteiger partial charge is 0.459 e. The van der Waals surface area contributed by atoms with E-state index < -0.39 is 54.9 Å². The SMILES string of the molecule is O=C(OC[C@H]1O[C@H]2O[C@H](c3ccccc3)O[C@H]2[C@@H](OC(=O)c2ccccc2)[C@@H]1OC(=O)c1ccccc1)c1ccccc1. The summed E-state index contributed by atoms with van der Waals surface area (Å²) in [6, 6.07) is 34.5. The molecule has 0 saturated carbocycles. The molecule has 2 saturated heterocycles. The van der Waals surface area contributed by atoms with Crippen LogP contribution in [0.3, 0.4) is 0 Å². The van der Waals surface area contributed by atoms with Crippen molar-refractivity contribution in [2.45, 2.75) is 37.0 Å². The second-order valence-corrected chi connectivity index (χ2v) is 9.96. The van der Waals surface area contributed by atoms with Gasteiger partial charge in [0.25, 0.3) is 0 Å². The predicted molar refractivity (Wildman–Crippen MR) is 152 cm³/mol. The normalized spacial score (nSPS) is 24.4. The van der Waals surface area contributed by atoms with Gasteiger partial charge in [0.15, 0.2) is 30.9 Å². The first-order valence-electron chi connectivity index (χ1n) is 13.8. The molecular formula is C34H28O9. The van der Waals surface area contributed by atoms with E-state index >= 15 is 0 Å². The Labute approximate surface area is 247 Å². The second kappa shape index (κ2) is 13.0. The number of benzene rings is 4. The van der Waals surface area contributed by atoms with Gasteiger partial charge in [-0.3, -0.25) is 0 Å². The number of hydrogen-bond donors (Lipinski definition) is 0. The van der Waals surface area contributed by atoms with E-state index in [0.29, 0.717) is 11.1 Å². The Bertz CT molecular complexity index is 1530. The van der Waals surface area contributed by atoms with E-state index in [0.717, 1.165) is 5.56 Å². The Balaban J connectivity index is 1.32. The van der Waals surface area contributed by atoms with Gasteiger partial charge in [0.1, 0.15) is 12.7 Å². The molecule has 0 aromatic heterocycles. The number of rotatable bonds is 8. The highest BCUT2D eigenvalue weighted by Crippen LogP contribution is 2.40. The maximum Gasteiger partial charge on any atom is 0.338 e. The first kappa shape index (κ1) is 28.3. The maximum atomic E-state index is 13.3. The monoisotopic (exact) mass is 580 g/mol. The molecule has 4 aromatic rings. The Morgan fingerprint density at radius 3 is 1.53 bits per heavy atom. The molecule has 0 amide bonds. The number of ether oxygens (including phenoxy) is 6. The Morgan fingerprint density at radius 1 is 0.535 bits per heavy atom. The molecule has 2 heterocycles.